The predicted molar refractivity (Wildman–Crippen MR) is 113 cm³/mol. The third kappa shape index (κ3) is 4.61. The number of thioether (sulfide) groups is 1. The second kappa shape index (κ2) is 8.02. The molecule has 4 nitrogen and oxygen atoms in total. The minimum atomic E-state index is -2.96. The molecule has 0 bridgehead atoms. The minimum Gasteiger partial charge on any atom is -0.344 e. The van der Waals surface area contributed by atoms with Crippen LogP contribution in [0.25, 0.3) is 0 Å². The van der Waals surface area contributed by atoms with Crippen LogP contribution < -0.4 is 0 Å². The molecule has 2 atom stereocenters. The normalized spacial score (nSPS) is 19.9. The van der Waals surface area contributed by atoms with Crippen molar-refractivity contribution in [3.05, 3.63) is 57.9 Å². The Labute approximate surface area is 170 Å². The topological polar surface area (TPSA) is 56.1 Å². The molecule has 146 valence electrons. The fraction of sp³-hybridized carbons (Fsp3) is 0.450. The van der Waals surface area contributed by atoms with Crippen LogP contribution in [0.15, 0.2) is 30.3 Å². The molecule has 0 N–H and O–H groups in total. The number of aromatic nitrogens is 1. The molecule has 1 aliphatic heterocycles. The summed E-state index contributed by atoms with van der Waals surface area (Å²) < 4.78 is 25.7. The summed E-state index contributed by atoms with van der Waals surface area (Å²) in [6, 6.07) is 9.53. The summed E-state index contributed by atoms with van der Waals surface area (Å²) in [4.78, 5) is 12.8. The predicted octanol–water partition coefficient (Wildman–Crippen LogP) is 4.80. The van der Waals surface area contributed by atoms with Gasteiger partial charge in [-0.3, -0.25) is 4.79 Å². The number of ketones is 1. The van der Waals surface area contributed by atoms with Gasteiger partial charge in [0, 0.05) is 33.3 Å². The first-order chi connectivity index (χ1) is 12.7. The van der Waals surface area contributed by atoms with E-state index >= 15 is 0 Å². The summed E-state index contributed by atoms with van der Waals surface area (Å²) in [5.74, 6) is 0.865. The van der Waals surface area contributed by atoms with Gasteiger partial charge in [0.15, 0.2) is 15.6 Å². The van der Waals surface area contributed by atoms with Gasteiger partial charge in [-0.15, -0.1) is 11.8 Å². The summed E-state index contributed by atoms with van der Waals surface area (Å²) in [5.41, 5.74) is 3.67. The van der Waals surface area contributed by atoms with Crippen LogP contribution in [0.3, 0.4) is 0 Å². The molecule has 0 aliphatic carbocycles. The first-order valence-corrected chi connectivity index (χ1v) is 12.2. The third-order valence-electron chi connectivity index (χ3n) is 5.16. The number of carbonyl (C=O) groups excluding carboxylic acids is 1. The molecule has 27 heavy (non-hydrogen) atoms. The zero-order valence-corrected chi connectivity index (χ0v) is 18.1. The molecule has 7 heteroatoms. The molecule has 0 saturated carbocycles. The Morgan fingerprint density at radius 2 is 1.96 bits per heavy atom. The fourth-order valence-electron chi connectivity index (χ4n) is 3.71. The Balaban J connectivity index is 1.70. The second-order valence-corrected chi connectivity index (χ2v) is 11.1. The Kier molecular flexibility index (Phi) is 6.08. The van der Waals surface area contributed by atoms with Gasteiger partial charge in [0.1, 0.15) is 0 Å². The molecule has 1 aromatic carbocycles. The van der Waals surface area contributed by atoms with Crippen LogP contribution in [-0.2, 0) is 9.84 Å². The smallest absolute Gasteiger partial charge is 0.174 e. The summed E-state index contributed by atoms with van der Waals surface area (Å²) in [6.45, 7) is 5.94. The SMILES string of the molecule is Cc1cc(C(=O)CSC(C)c2ccc(Cl)cc2)c(C)n1C1CCS(=O)(=O)C1. The Bertz CT molecular complexity index is 948. The number of hydrogen-bond donors (Lipinski definition) is 0. The van der Waals surface area contributed by atoms with Gasteiger partial charge in [-0.25, -0.2) is 8.42 Å². The maximum absolute atomic E-state index is 12.8. The van der Waals surface area contributed by atoms with Crippen molar-refractivity contribution in [2.75, 3.05) is 17.3 Å². The quantitative estimate of drug-likeness (QED) is 0.624. The Morgan fingerprint density at radius 1 is 1.30 bits per heavy atom. The van der Waals surface area contributed by atoms with E-state index in [4.69, 9.17) is 11.6 Å². The van der Waals surface area contributed by atoms with Gasteiger partial charge in [0.25, 0.3) is 0 Å². The number of halogens is 1. The van der Waals surface area contributed by atoms with Crippen LogP contribution >= 0.6 is 23.4 Å². The molecule has 1 aliphatic rings. The number of nitrogens with zero attached hydrogens (tertiary/aromatic N) is 1. The van der Waals surface area contributed by atoms with E-state index in [1.807, 2.05) is 48.7 Å². The van der Waals surface area contributed by atoms with Crippen LogP contribution in [-0.4, -0.2) is 36.0 Å². The van der Waals surface area contributed by atoms with Crippen LogP contribution in [0.5, 0.6) is 0 Å². The maximum atomic E-state index is 12.8. The van der Waals surface area contributed by atoms with E-state index < -0.39 is 9.84 Å². The lowest BCUT2D eigenvalue weighted by atomic mass is 10.2. The Hall–Kier alpha value is -1.24. The maximum Gasteiger partial charge on any atom is 0.174 e. The molecule has 1 saturated heterocycles. The third-order valence-corrected chi connectivity index (χ3v) is 8.37. The number of sulfone groups is 1. The van der Waals surface area contributed by atoms with Gasteiger partial charge in [-0.1, -0.05) is 23.7 Å². The second-order valence-electron chi connectivity index (χ2n) is 7.14. The van der Waals surface area contributed by atoms with Crippen LogP contribution in [0, 0.1) is 13.8 Å². The summed E-state index contributed by atoms with van der Waals surface area (Å²) >= 11 is 7.53. The lowest BCUT2D eigenvalue weighted by molar-refractivity contribution is 0.102. The van der Waals surface area contributed by atoms with Gasteiger partial charge >= 0.3 is 0 Å². The molecule has 1 aromatic heterocycles. The van der Waals surface area contributed by atoms with Gasteiger partial charge in [-0.2, -0.15) is 0 Å². The largest absolute Gasteiger partial charge is 0.344 e. The number of Topliss-reactive ketones (excluding diaryl/α,β-unsaturated/α-hetero) is 1. The van der Waals surface area contributed by atoms with E-state index in [-0.39, 0.29) is 28.6 Å². The lowest BCUT2D eigenvalue weighted by Gasteiger charge is -2.16. The molecule has 1 fully saturated rings. The van der Waals surface area contributed by atoms with E-state index in [9.17, 15) is 13.2 Å². The van der Waals surface area contributed by atoms with Gasteiger partial charge in [0.05, 0.1) is 17.3 Å². The zero-order valence-electron chi connectivity index (χ0n) is 15.7. The van der Waals surface area contributed by atoms with Crippen LogP contribution in [0.1, 0.15) is 51.9 Å². The first kappa shape index (κ1) is 20.5. The number of rotatable bonds is 6. The van der Waals surface area contributed by atoms with Crippen molar-refractivity contribution in [2.24, 2.45) is 0 Å². The van der Waals surface area contributed by atoms with Crippen molar-refractivity contribution in [3.8, 4) is 0 Å². The van der Waals surface area contributed by atoms with Crippen molar-refractivity contribution in [2.45, 2.75) is 38.5 Å². The van der Waals surface area contributed by atoms with E-state index in [1.54, 1.807) is 11.8 Å². The number of carbonyl (C=O) groups is 1. The highest BCUT2D eigenvalue weighted by Gasteiger charge is 2.31. The molecule has 3 rings (SSSR count). The van der Waals surface area contributed by atoms with Gasteiger partial charge < -0.3 is 4.57 Å². The van der Waals surface area contributed by atoms with Crippen LogP contribution in [0.4, 0.5) is 0 Å². The minimum absolute atomic E-state index is 0.0582. The summed E-state index contributed by atoms with van der Waals surface area (Å²) in [6.07, 6.45) is 0.620. The highest BCUT2D eigenvalue weighted by atomic mass is 35.5. The first-order valence-electron chi connectivity index (χ1n) is 8.97. The average Bonchev–Trinajstić information content (AvgIpc) is 3.11. The van der Waals surface area contributed by atoms with E-state index in [0.717, 1.165) is 17.0 Å². The van der Waals surface area contributed by atoms with Crippen molar-refractivity contribution in [3.63, 3.8) is 0 Å². The monoisotopic (exact) mass is 425 g/mol. The van der Waals surface area contributed by atoms with E-state index in [2.05, 4.69) is 6.92 Å². The zero-order chi connectivity index (χ0) is 19.8. The molecule has 0 spiro atoms. The standard InChI is InChI=1S/C20H24ClNO3S2/c1-13-10-19(14(2)22(13)18-8-9-27(24,25)12-18)20(23)11-26-15(3)16-4-6-17(21)7-5-16/h4-7,10,15,18H,8-9,11-12H2,1-3H3. The molecule has 2 aromatic rings. The highest BCUT2D eigenvalue weighted by Crippen LogP contribution is 2.32. The molecule has 0 radical (unpaired) electrons. The summed E-state index contributed by atoms with van der Waals surface area (Å²) in [7, 11) is -2.96. The van der Waals surface area contributed by atoms with Crippen molar-refractivity contribution < 1.29 is 13.2 Å². The van der Waals surface area contributed by atoms with Crippen molar-refractivity contribution in [1.82, 2.24) is 4.57 Å². The lowest BCUT2D eigenvalue weighted by Crippen LogP contribution is -2.14. The van der Waals surface area contributed by atoms with Gasteiger partial charge in [-0.05, 0) is 51.0 Å². The highest BCUT2D eigenvalue weighted by molar-refractivity contribution is 8.00. The van der Waals surface area contributed by atoms with Crippen LogP contribution in [0.2, 0.25) is 5.02 Å². The fourth-order valence-corrected chi connectivity index (χ4v) is 6.44. The van der Waals surface area contributed by atoms with Crippen molar-refractivity contribution >= 4 is 39.0 Å². The number of aryl methyl sites for hydroxylation is 1. The van der Waals surface area contributed by atoms with Crippen molar-refractivity contribution in [1.29, 1.82) is 0 Å². The molecule has 0 amide bonds. The molecular weight excluding hydrogens is 402 g/mol. The number of hydrogen-bond acceptors (Lipinski definition) is 4. The summed E-state index contributed by atoms with van der Waals surface area (Å²) in [5, 5.41) is 0.892. The molecular formula is C20H24ClNO3S2. The molecule has 2 unspecified atom stereocenters. The number of benzene rings is 1. The average molecular weight is 426 g/mol. The Morgan fingerprint density at radius 3 is 2.56 bits per heavy atom. The van der Waals surface area contributed by atoms with E-state index in [1.165, 1.54) is 0 Å². The van der Waals surface area contributed by atoms with E-state index in [0.29, 0.717) is 22.8 Å². The van der Waals surface area contributed by atoms with Gasteiger partial charge in [0.2, 0.25) is 0 Å². The molecule has 2 heterocycles.